The summed E-state index contributed by atoms with van der Waals surface area (Å²) < 4.78 is 24.9. The van der Waals surface area contributed by atoms with Gasteiger partial charge in [-0.1, -0.05) is 12.8 Å². The summed E-state index contributed by atoms with van der Waals surface area (Å²) in [5.74, 6) is -2.32. The Bertz CT molecular complexity index is 188. The van der Waals surface area contributed by atoms with E-state index < -0.39 is 30.8 Å². The van der Waals surface area contributed by atoms with Crippen LogP contribution in [-0.4, -0.2) is 35.1 Å². The molecule has 0 aromatic carbocycles. The van der Waals surface area contributed by atoms with E-state index in [2.05, 4.69) is 0 Å². The first kappa shape index (κ1) is 14.3. The van der Waals surface area contributed by atoms with Crippen LogP contribution in [0.3, 0.4) is 0 Å². The molecule has 0 aromatic rings. The van der Waals surface area contributed by atoms with Crippen LogP contribution < -0.4 is 0 Å². The molecular formula is C10H18F2O3. The summed E-state index contributed by atoms with van der Waals surface area (Å²) in [6, 6.07) is 0. The van der Waals surface area contributed by atoms with Gasteiger partial charge in [0.15, 0.2) is 0 Å². The molecule has 0 aliphatic rings. The molecule has 0 fully saturated rings. The number of rotatable bonds is 8. The second-order valence-corrected chi connectivity index (χ2v) is 3.67. The first-order valence-electron chi connectivity index (χ1n) is 5.11. The lowest BCUT2D eigenvalue weighted by Crippen LogP contribution is -2.33. The standard InChI is InChI=1S/C10H18F2O3/c1-7(10(14)15)9(13)8(12)5-3-2-4-6-11/h7-9,13H,2-6H2,1H3,(H,14,15). The van der Waals surface area contributed by atoms with Gasteiger partial charge >= 0.3 is 5.97 Å². The van der Waals surface area contributed by atoms with Gasteiger partial charge in [0.2, 0.25) is 0 Å². The van der Waals surface area contributed by atoms with E-state index in [9.17, 15) is 18.7 Å². The number of aliphatic hydroxyl groups is 1. The molecule has 3 nitrogen and oxygen atoms in total. The van der Waals surface area contributed by atoms with Gasteiger partial charge in [-0.25, -0.2) is 4.39 Å². The van der Waals surface area contributed by atoms with Crippen molar-refractivity contribution in [1.29, 1.82) is 0 Å². The summed E-state index contributed by atoms with van der Waals surface area (Å²) in [6.45, 7) is 0.839. The van der Waals surface area contributed by atoms with Crippen molar-refractivity contribution in [3.8, 4) is 0 Å². The lowest BCUT2D eigenvalue weighted by molar-refractivity contribution is -0.146. The second kappa shape index (κ2) is 7.56. The number of unbranched alkanes of at least 4 members (excludes halogenated alkanes) is 2. The number of halogens is 2. The fourth-order valence-electron chi connectivity index (χ4n) is 1.24. The smallest absolute Gasteiger partial charge is 0.308 e. The Kier molecular flexibility index (Phi) is 7.21. The molecule has 0 bridgehead atoms. The highest BCUT2D eigenvalue weighted by Crippen LogP contribution is 2.16. The first-order chi connectivity index (χ1) is 7.00. The predicted octanol–water partition coefficient (Wildman–Crippen LogP) is 1.94. The molecule has 3 unspecified atom stereocenters. The SMILES string of the molecule is CC(C(=O)O)C(O)C(F)CCCCCF. The van der Waals surface area contributed by atoms with Gasteiger partial charge in [-0.05, 0) is 19.8 Å². The molecule has 0 radical (unpaired) electrons. The lowest BCUT2D eigenvalue weighted by Gasteiger charge is -2.18. The molecule has 0 saturated carbocycles. The quantitative estimate of drug-likeness (QED) is 0.619. The zero-order valence-electron chi connectivity index (χ0n) is 8.83. The molecule has 0 aliphatic carbocycles. The maximum absolute atomic E-state index is 13.2. The molecule has 0 amide bonds. The molecule has 15 heavy (non-hydrogen) atoms. The number of aliphatic carboxylic acids is 1. The Labute approximate surface area is 88.1 Å². The van der Waals surface area contributed by atoms with E-state index in [0.717, 1.165) is 0 Å². The fourth-order valence-corrected chi connectivity index (χ4v) is 1.24. The normalized spacial score (nSPS) is 17.1. The maximum Gasteiger partial charge on any atom is 0.308 e. The summed E-state index contributed by atoms with van der Waals surface area (Å²) in [7, 11) is 0. The Morgan fingerprint density at radius 2 is 1.93 bits per heavy atom. The van der Waals surface area contributed by atoms with Crippen LogP contribution in [0, 0.1) is 5.92 Å². The second-order valence-electron chi connectivity index (χ2n) is 3.67. The third-order valence-electron chi connectivity index (χ3n) is 2.39. The van der Waals surface area contributed by atoms with Crippen molar-refractivity contribution in [3.05, 3.63) is 0 Å². The van der Waals surface area contributed by atoms with E-state index in [1.54, 1.807) is 0 Å². The van der Waals surface area contributed by atoms with E-state index in [1.807, 2.05) is 0 Å². The van der Waals surface area contributed by atoms with Crippen LogP contribution in [0.5, 0.6) is 0 Å². The molecule has 0 aromatic heterocycles. The number of carboxylic acid groups (broad SMARTS) is 1. The Morgan fingerprint density at radius 3 is 2.40 bits per heavy atom. The zero-order chi connectivity index (χ0) is 11.8. The van der Waals surface area contributed by atoms with Gasteiger partial charge in [-0.3, -0.25) is 9.18 Å². The largest absolute Gasteiger partial charge is 0.481 e. The zero-order valence-corrected chi connectivity index (χ0v) is 8.83. The van der Waals surface area contributed by atoms with Crippen molar-refractivity contribution in [1.82, 2.24) is 0 Å². The van der Waals surface area contributed by atoms with Crippen LogP contribution in [0.15, 0.2) is 0 Å². The lowest BCUT2D eigenvalue weighted by atomic mass is 9.97. The van der Waals surface area contributed by atoms with Gasteiger partial charge in [-0.2, -0.15) is 0 Å². The highest BCUT2D eigenvalue weighted by Gasteiger charge is 2.28. The molecular weight excluding hydrogens is 206 g/mol. The average Bonchev–Trinajstić information content (AvgIpc) is 2.21. The minimum atomic E-state index is -1.55. The van der Waals surface area contributed by atoms with Crippen molar-refractivity contribution < 1.29 is 23.8 Å². The molecule has 3 atom stereocenters. The molecule has 2 N–H and O–H groups in total. The van der Waals surface area contributed by atoms with Crippen LogP contribution in [0.4, 0.5) is 8.78 Å². The molecule has 0 saturated heterocycles. The van der Waals surface area contributed by atoms with Crippen molar-refractivity contribution in [2.75, 3.05) is 6.67 Å². The fraction of sp³-hybridized carbons (Fsp3) is 0.900. The Balaban J connectivity index is 3.78. The summed E-state index contributed by atoms with van der Waals surface area (Å²) >= 11 is 0. The van der Waals surface area contributed by atoms with Crippen LogP contribution >= 0.6 is 0 Å². The van der Waals surface area contributed by atoms with E-state index in [-0.39, 0.29) is 6.42 Å². The molecule has 0 rings (SSSR count). The minimum Gasteiger partial charge on any atom is -0.481 e. The highest BCUT2D eigenvalue weighted by atomic mass is 19.1. The van der Waals surface area contributed by atoms with E-state index >= 15 is 0 Å². The molecule has 0 spiro atoms. The molecule has 0 aliphatic heterocycles. The summed E-state index contributed by atoms with van der Waals surface area (Å²) in [5.41, 5.74) is 0. The minimum absolute atomic E-state index is 0.0821. The van der Waals surface area contributed by atoms with Crippen molar-refractivity contribution in [3.63, 3.8) is 0 Å². The average molecular weight is 224 g/mol. The van der Waals surface area contributed by atoms with Gasteiger partial charge in [-0.15, -0.1) is 0 Å². The number of alkyl halides is 2. The van der Waals surface area contributed by atoms with Gasteiger partial charge in [0, 0.05) is 0 Å². The van der Waals surface area contributed by atoms with E-state index in [1.165, 1.54) is 6.92 Å². The number of aliphatic hydroxyl groups excluding tert-OH is 1. The number of hydrogen-bond donors (Lipinski definition) is 2. The van der Waals surface area contributed by atoms with Crippen LogP contribution in [0.1, 0.15) is 32.6 Å². The maximum atomic E-state index is 13.2. The van der Waals surface area contributed by atoms with Gasteiger partial charge in [0.25, 0.3) is 0 Å². The highest BCUT2D eigenvalue weighted by molar-refractivity contribution is 5.70. The molecule has 90 valence electrons. The Hall–Kier alpha value is -0.710. The van der Waals surface area contributed by atoms with Gasteiger partial charge < -0.3 is 10.2 Å². The Morgan fingerprint density at radius 1 is 1.33 bits per heavy atom. The number of carboxylic acids is 1. The first-order valence-corrected chi connectivity index (χ1v) is 5.11. The number of carbonyl (C=O) groups is 1. The van der Waals surface area contributed by atoms with Crippen molar-refractivity contribution in [2.24, 2.45) is 5.92 Å². The predicted molar refractivity (Wildman–Crippen MR) is 52.1 cm³/mol. The third kappa shape index (κ3) is 5.67. The topological polar surface area (TPSA) is 57.5 Å². The van der Waals surface area contributed by atoms with E-state index in [0.29, 0.717) is 19.3 Å². The van der Waals surface area contributed by atoms with Crippen LogP contribution in [0.2, 0.25) is 0 Å². The van der Waals surface area contributed by atoms with Gasteiger partial charge in [0.1, 0.15) is 6.17 Å². The van der Waals surface area contributed by atoms with Crippen LogP contribution in [0.25, 0.3) is 0 Å². The third-order valence-corrected chi connectivity index (χ3v) is 2.39. The number of hydrogen-bond acceptors (Lipinski definition) is 2. The summed E-state index contributed by atoms with van der Waals surface area (Å²) in [5, 5.41) is 17.8. The summed E-state index contributed by atoms with van der Waals surface area (Å²) in [4.78, 5) is 10.4. The van der Waals surface area contributed by atoms with Crippen molar-refractivity contribution in [2.45, 2.75) is 44.9 Å². The molecule has 0 heterocycles. The van der Waals surface area contributed by atoms with E-state index in [4.69, 9.17) is 5.11 Å². The van der Waals surface area contributed by atoms with Crippen molar-refractivity contribution >= 4 is 5.97 Å². The van der Waals surface area contributed by atoms with Gasteiger partial charge in [0.05, 0.1) is 18.7 Å². The monoisotopic (exact) mass is 224 g/mol. The summed E-state index contributed by atoms with van der Waals surface area (Å²) in [6.07, 6.45) is -1.53. The van der Waals surface area contributed by atoms with Crippen LogP contribution in [-0.2, 0) is 4.79 Å². The molecule has 5 heteroatoms.